The molecular formula is C16H14O3. The summed E-state index contributed by atoms with van der Waals surface area (Å²) in [5.41, 5.74) is 3.83. The van der Waals surface area contributed by atoms with Crippen LogP contribution in [0.3, 0.4) is 0 Å². The third-order valence-electron chi connectivity index (χ3n) is 3.27. The van der Waals surface area contributed by atoms with Crippen LogP contribution in [0.1, 0.15) is 15.9 Å². The van der Waals surface area contributed by atoms with Gasteiger partial charge in [-0.15, -0.1) is 0 Å². The Labute approximate surface area is 111 Å². The second kappa shape index (κ2) is 4.76. The molecule has 3 rings (SSSR count). The first-order chi connectivity index (χ1) is 9.28. The van der Waals surface area contributed by atoms with Gasteiger partial charge in [-0.2, -0.15) is 0 Å². The van der Waals surface area contributed by atoms with Crippen LogP contribution in [0.2, 0.25) is 0 Å². The van der Waals surface area contributed by atoms with Crippen LogP contribution in [0.5, 0.6) is 11.5 Å². The van der Waals surface area contributed by atoms with Crippen molar-refractivity contribution in [1.29, 1.82) is 0 Å². The van der Waals surface area contributed by atoms with Crippen molar-refractivity contribution in [3.8, 4) is 22.6 Å². The van der Waals surface area contributed by atoms with E-state index in [2.05, 4.69) is 0 Å². The van der Waals surface area contributed by atoms with Crippen molar-refractivity contribution in [1.82, 2.24) is 0 Å². The van der Waals surface area contributed by atoms with Crippen LogP contribution in [-0.4, -0.2) is 19.5 Å². The Morgan fingerprint density at radius 3 is 2.37 bits per heavy atom. The first-order valence-corrected chi connectivity index (χ1v) is 6.24. The SMILES string of the molecule is Cc1cc(-c2ccc3c(c2)OCCO3)ccc1C=O. The largest absolute Gasteiger partial charge is 0.486 e. The molecule has 0 N–H and O–H groups in total. The number of ether oxygens (including phenoxy) is 2. The van der Waals surface area contributed by atoms with Crippen LogP contribution in [0, 0.1) is 6.92 Å². The monoisotopic (exact) mass is 254 g/mol. The predicted octanol–water partition coefficient (Wildman–Crippen LogP) is 3.25. The third-order valence-corrected chi connectivity index (χ3v) is 3.27. The van der Waals surface area contributed by atoms with Crippen LogP contribution in [0.25, 0.3) is 11.1 Å². The summed E-state index contributed by atoms with van der Waals surface area (Å²) >= 11 is 0. The van der Waals surface area contributed by atoms with Gasteiger partial charge in [0.1, 0.15) is 19.5 Å². The molecule has 0 amide bonds. The van der Waals surface area contributed by atoms with Gasteiger partial charge in [-0.05, 0) is 35.7 Å². The Balaban J connectivity index is 2.02. The lowest BCUT2D eigenvalue weighted by Crippen LogP contribution is -2.15. The highest BCUT2D eigenvalue weighted by molar-refractivity contribution is 5.79. The number of carbonyl (C=O) groups is 1. The van der Waals surface area contributed by atoms with E-state index in [4.69, 9.17) is 9.47 Å². The Kier molecular flexibility index (Phi) is 2.95. The first kappa shape index (κ1) is 11.8. The van der Waals surface area contributed by atoms with Crippen molar-refractivity contribution in [2.45, 2.75) is 6.92 Å². The molecule has 0 radical (unpaired) electrons. The van der Waals surface area contributed by atoms with E-state index in [1.807, 2.05) is 43.3 Å². The highest BCUT2D eigenvalue weighted by Gasteiger charge is 2.12. The maximum absolute atomic E-state index is 10.8. The fraction of sp³-hybridized carbons (Fsp3) is 0.188. The summed E-state index contributed by atoms with van der Waals surface area (Å²) < 4.78 is 11.1. The van der Waals surface area contributed by atoms with E-state index in [0.717, 1.165) is 40.0 Å². The molecule has 2 aromatic rings. The van der Waals surface area contributed by atoms with Crippen LogP contribution in [0.15, 0.2) is 36.4 Å². The molecule has 3 nitrogen and oxygen atoms in total. The fourth-order valence-electron chi connectivity index (χ4n) is 2.21. The van der Waals surface area contributed by atoms with E-state index in [-0.39, 0.29) is 0 Å². The molecule has 3 heteroatoms. The standard InChI is InChI=1S/C16H14O3/c1-11-8-12(2-3-14(11)10-17)13-4-5-15-16(9-13)19-7-6-18-15/h2-5,8-10H,6-7H2,1H3. The Morgan fingerprint density at radius 2 is 1.63 bits per heavy atom. The summed E-state index contributed by atoms with van der Waals surface area (Å²) in [6.45, 7) is 3.12. The molecular weight excluding hydrogens is 240 g/mol. The van der Waals surface area contributed by atoms with Gasteiger partial charge in [0.05, 0.1) is 0 Å². The highest BCUT2D eigenvalue weighted by Crippen LogP contribution is 2.34. The Morgan fingerprint density at radius 1 is 0.947 bits per heavy atom. The average molecular weight is 254 g/mol. The average Bonchev–Trinajstić information content (AvgIpc) is 2.46. The van der Waals surface area contributed by atoms with Crippen LogP contribution in [0.4, 0.5) is 0 Å². The number of carbonyl (C=O) groups excluding carboxylic acids is 1. The zero-order valence-electron chi connectivity index (χ0n) is 10.7. The molecule has 0 spiro atoms. The number of rotatable bonds is 2. The number of fused-ring (bicyclic) bond motifs is 1. The maximum Gasteiger partial charge on any atom is 0.161 e. The molecule has 0 saturated carbocycles. The molecule has 19 heavy (non-hydrogen) atoms. The number of aryl methyl sites for hydroxylation is 1. The van der Waals surface area contributed by atoms with Crippen molar-refractivity contribution in [3.63, 3.8) is 0 Å². The summed E-state index contributed by atoms with van der Waals surface area (Å²) in [5.74, 6) is 1.57. The molecule has 0 saturated heterocycles. The zero-order valence-corrected chi connectivity index (χ0v) is 10.7. The Hall–Kier alpha value is -2.29. The summed E-state index contributed by atoms with van der Waals surface area (Å²) in [5, 5.41) is 0. The van der Waals surface area contributed by atoms with Gasteiger partial charge in [0.15, 0.2) is 11.5 Å². The van der Waals surface area contributed by atoms with E-state index in [1.54, 1.807) is 0 Å². The van der Waals surface area contributed by atoms with E-state index in [1.165, 1.54) is 0 Å². The molecule has 0 bridgehead atoms. The minimum absolute atomic E-state index is 0.583. The normalized spacial score (nSPS) is 13.1. The van der Waals surface area contributed by atoms with Crippen molar-refractivity contribution < 1.29 is 14.3 Å². The van der Waals surface area contributed by atoms with E-state index < -0.39 is 0 Å². The molecule has 1 aliphatic rings. The molecule has 0 atom stereocenters. The minimum Gasteiger partial charge on any atom is -0.486 e. The lowest BCUT2D eigenvalue weighted by molar-refractivity contribution is 0.112. The van der Waals surface area contributed by atoms with E-state index in [9.17, 15) is 4.79 Å². The molecule has 0 aliphatic carbocycles. The number of aldehydes is 1. The van der Waals surface area contributed by atoms with Crippen molar-refractivity contribution in [2.24, 2.45) is 0 Å². The lowest BCUT2D eigenvalue weighted by Gasteiger charge is -2.19. The quantitative estimate of drug-likeness (QED) is 0.772. The second-order valence-corrected chi connectivity index (χ2v) is 4.55. The second-order valence-electron chi connectivity index (χ2n) is 4.55. The van der Waals surface area contributed by atoms with Crippen LogP contribution < -0.4 is 9.47 Å². The number of benzene rings is 2. The maximum atomic E-state index is 10.8. The van der Waals surface area contributed by atoms with Gasteiger partial charge in [-0.3, -0.25) is 4.79 Å². The summed E-state index contributed by atoms with van der Waals surface area (Å²) in [4.78, 5) is 10.8. The predicted molar refractivity (Wildman–Crippen MR) is 73.0 cm³/mol. The van der Waals surface area contributed by atoms with Gasteiger partial charge < -0.3 is 9.47 Å². The van der Waals surface area contributed by atoms with Crippen molar-refractivity contribution in [2.75, 3.05) is 13.2 Å². The third kappa shape index (κ3) is 2.19. The minimum atomic E-state index is 0.583. The molecule has 0 unspecified atom stereocenters. The Bertz CT molecular complexity index is 632. The van der Waals surface area contributed by atoms with E-state index >= 15 is 0 Å². The van der Waals surface area contributed by atoms with Crippen molar-refractivity contribution in [3.05, 3.63) is 47.5 Å². The zero-order chi connectivity index (χ0) is 13.2. The summed E-state index contributed by atoms with van der Waals surface area (Å²) in [6.07, 6.45) is 0.878. The van der Waals surface area contributed by atoms with Gasteiger partial charge in [0.2, 0.25) is 0 Å². The summed E-state index contributed by atoms with van der Waals surface area (Å²) in [6, 6.07) is 11.7. The number of hydrogen-bond donors (Lipinski definition) is 0. The molecule has 2 aromatic carbocycles. The van der Waals surface area contributed by atoms with E-state index in [0.29, 0.717) is 13.2 Å². The topological polar surface area (TPSA) is 35.5 Å². The van der Waals surface area contributed by atoms with Gasteiger partial charge >= 0.3 is 0 Å². The number of hydrogen-bond acceptors (Lipinski definition) is 3. The molecule has 96 valence electrons. The summed E-state index contributed by atoms with van der Waals surface area (Å²) in [7, 11) is 0. The van der Waals surface area contributed by atoms with Crippen LogP contribution in [-0.2, 0) is 0 Å². The molecule has 1 heterocycles. The van der Waals surface area contributed by atoms with Crippen molar-refractivity contribution >= 4 is 6.29 Å². The van der Waals surface area contributed by atoms with Crippen LogP contribution >= 0.6 is 0 Å². The first-order valence-electron chi connectivity index (χ1n) is 6.24. The van der Waals surface area contributed by atoms with Gasteiger partial charge in [-0.1, -0.05) is 24.3 Å². The van der Waals surface area contributed by atoms with Gasteiger partial charge in [0, 0.05) is 5.56 Å². The van der Waals surface area contributed by atoms with Gasteiger partial charge in [0.25, 0.3) is 0 Å². The molecule has 0 fully saturated rings. The smallest absolute Gasteiger partial charge is 0.161 e. The highest BCUT2D eigenvalue weighted by atomic mass is 16.6. The fourth-order valence-corrected chi connectivity index (χ4v) is 2.21. The lowest BCUT2D eigenvalue weighted by atomic mass is 10.00. The van der Waals surface area contributed by atoms with Gasteiger partial charge in [-0.25, -0.2) is 0 Å². The molecule has 0 aromatic heterocycles. The molecule has 1 aliphatic heterocycles.